The van der Waals surface area contributed by atoms with E-state index in [1.807, 2.05) is 30.3 Å². The van der Waals surface area contributed by atoms with E-state index in [4.69, 9.17) is 14.2 Å². The van der Waals surface area contributed by atoms with E-state index in [1.165, 1.54) is 69.4 Å². The molecule has 1 aliphatic heterocycles. The predicted octanol–water partition coefficient (Wildman–Crippen LogP) is 11.5. The van der Waals surface area contributed by atoms with Crippen molar-refractivity contribution in [1.29, 1.82) is 0 Å². The zero-order chi connectivity index (χ0) is 36.4. The maximum Gasteiger partial charge on any atom is 0.308 e. The van der Waals surface area contributed by atoms with Crippen molar-refractivity contribution in [3.05, 3.63) is 95.6 Å². The van der Waals surface area contributed by atoms with Crippen LogP contribution >= 0.6 is 0 Å². The van der Waals surface area contributed by atoms with Gasteiger partial charge in [-0.25, -0.2) is 0 Å². The molecule has 50 heavy (non-hydrogen) atoms. The van der Waals surface area contributed by atoms with E-state index in [1.54, 1.807) is 0 Å². The number of benzene rings is 3. The Morgan fingerprint density at radius 2 is 1.36 bits per heavy atom. The topological polar surface area (TPSA) is 48.0 Å². The summed E-state index contributed by atoms with van der Waals surface area (Å²) >= 11 is 0. The molecule has 1 heterocycles. The molecule has 0 unspecified atom stereocenters. The third-order valence-electron chi connectivity index (χ3n) is 9.88. The molecule has 0 saturated carbocycles. The molecule has 0 radical (unpaired) electrons. The summed E-state index contributed by atoms with van der Waals surface area (Å²) in [5.74, 6) is 3.80. The predicted molar refractivity (Wildman–Crippen MR) is 209 cm³/mol. The molecule has 1 aliphatic rings. The summed E-state index contributed by atoms with van der Waals surface area (Å²) in [6.07, 6.45) is 13.9. The summed E-state index contributed by atoms with van der Waals surface area (Å²) in [6, 6.07) is 26.5. The van der Waals surface area contributed by atoms with Crippen LogP contribution in [0.4, 0.5) is 0 Å². The fourth-order valence-electron chi connectivity index (χ4n) is 6.77. The molecule has 3 atom stereocenters. The third kappa shape index (κ3) is 15.8. The Bertz CT molecular complexity index is 1320. The number of rotatable bonds is 19. The van der Waals surface area contributed by atoms with Gasteiger partial charge in [0.15, 0.2) is 0 Å². The first-order valence-electron chi connectivity index (χ1n) is 19.3. The number of nitrogens with zero attached hydrogens (tertiary/aromatic N) is 1. The fourth-order valence-corrected chi connectivity index (χ4v) is 6.77. The Kier molecular flexibility index (Phi) is 18.1. The van der Waals surface area contributed by atoms with Crippen molar-refractivity contribution in [3.63, 3.8) is 0 Å². The molecule has 3 aromatic carbocycles. The molecule has 0 amide bonds. The van der Waals surface area contributed by atoms with Crippen LogP contribution in [0.1, 0.15) is 129 Å². The van der Waals surface area contributed by atoms with Gasteiger partial charge in [-0.3, -0.25) is 4.79 Å². The van der Waals surface area contributed by atoms with E-state index in [2.05, 4.69) is 102 Å². The average Bonchev–Trinajstić information content (AvgIpc) is 3.07. The van der Waals surface area contributed by atoms with Crippen molar-refractivity contribution in [2.45, 2.75) is 124 Å². The lowest BCUT2D eigenvalue weighted by Crippen LogP contribution is -2.36. The summed E-state index contributed by atoms with van der Waals surface area (Å²) in [5.41, 5.74) is 3.47. The number of hydrogen-bond donors (Lipinski definition) is 0. The number of carbonyl (C=O) groups excluding carboxylic acids is 1. The molecule has 0 saturated heterocycles. The Balaban J connectivity index is 0.000000303. The monoisotopic (exact) mass is 686 g/mol. The number of hydrogen-bond acceptors (Lipinski definition) is 5. The van der Waals surface area contributed by atoms with E-state index in [-0.39, 0.29) is 17.7 Å². The molecule has 276 valence electrons. The summed E-state index contributed by atoms with van der Waals surface area (Å²) in [6.45, 7) is 14.8. The molecule has 0 N–H and O–H groups in total. The van der Waals surface area contributed by atoms with Crippen LogP contribution in [0.25, 0.3) is 0 Å². The summed E-state index contributed by atoms with van der Waals surface area (Å²) in [5, 5.41) is 0. The minimum absolute atomic E-state index is 0.0161. The Morgan fingerprint density at radius 1 is 0.800 bits per heavy atom. The van der Waals surface area contributed by atoms with Crippen molar-refractivity contribution < 1.29 is 19.0 Å². The average molecular weight is 686 g/mol. The molecule has 0 aliphatic carbocycles. The normalized spacial score (nSPS) is 16.7. The second-order valence-electron chi connectivity index (χ2n) is 15.6. The van der Waals surface area contributed by atoms with Gasteiger partial charge in [0.25, 0.3) is 0 Å². The third-order valence-corrected chi connectivity index (χ3v) is 9.88. The maximum absolute atomic E-state index is 11.2. The highest BCUT2D eigenvalue weighted by Gasteiger charge is 2.31. The van der Waals surface area contributed by atoms with Crippen LogP contribution in [-0.2, 0) is 16.0 Å². The highest BCUT2D eigenvalue weighted by atomic mass is 16.5. The molecule has 0 bridgehead atoms. The van der Waals surface area contributed by atoms with Gasteiger partial charge in [0, 0.05) is 13.5 Å². The Hall–Kier alpha value is -3.15. The zero-order valence-corrected chi connectivity index (χ0v) is 32.6. The van der Waals surface area contributed by atoms with Crippen LogP contribution in [0.5, 0.6) is 11.5 Å². The SMILES string of the molecule is CC(=O)Oc1ccc2c(c1)CC[C@](C)(CCC[C@H](C)CCC[C@H](C)CCCC(C)C)O2.CN(C)CCOC(c1ccccc1)c1ccccc1. The van der Waals surface area contributed by atoms with Crippen molar-refractivity contribution in [2.24, 2.45) is 17.8 Å². The lowest BCUT2D eigenvalue weighted by molar-refractivity contribution is -0.131. The van der Waals surface area contributed by atoms with Crippen molar-refractivity contribution in [1.82, 2.24) is 4.90 Å². The second-order valence-corrected chi connectivity index (χ2v) is 15.6. The molecule has 0 spiro atoms. The lowest BCUT2D eigenvalue weighted by Gasteiger charge is -2.36. The summed E-state index contributed by atoms with van der Waals surface area (Å²) in [4.78, 5) is 13.3. The molecule has 5 nitrogen and oxygen atoms in total. The van der Waals surface area contributed by atoms with Gasteiger partial charge in [-0.15, -0.1) is 0 Å². The summed E-state index contributed by atoms with van der Waals surface area (Å²) in [7, 11) is 4.12. The quantitative estimate of drug-likeness (QED) is 0.0928. The van der Waals surface area contributed by atoms with E-state index in [9.17, 15) is 4.79 Å². The first-order valence-corrected chi connectivity index (χ1v) is 19.3. The van der Waals surface area contributed by atoms with Crippen LogP contribution in [0.15, 0.2) is 78.9 Å². The number of ether oxygens (including phenoxy) is 3. The maximum atomic E-state index is 11.2. The van der Waals surface area contributed by atoms with Crippen molar-refractivity contribution in [3.8, 4) is 11.5 Å². The molecule has 0 fully saturated rings. The number of carbonyl (C=O) groups is 1. The van der Waals surface area contributed by atoms with E-state index < -0.39 is 0 Å². The molecular formula is C45H67NO4. The molecule has 4 rings (SSSR count). The van der Waals surface area contributed by atoms with Crippen LogP contribution in [0.2, 0.25) is 0 Å². The van der Waals surface area contributed by atoms with Crippen LogP contribution in [0, 0.1) is 17.8 Å². The molecular weight excluding hydrogens is 618 g/mol. The minimum Gasteiger partial charge on any atom is -0.487 e. The Morgan fingerprint density at radius 3 is 1.90 bits per heavy atom. The van der Waals surface area contributed by atoms with E-state index in [0.717, 1.165) is 61.5 Å². The number of aryl methyl sites for hydroxylation is 1. The van der Waals surface area contributed by atoms with Gasteiger partial charge in [-0.2, -0.15) is 0 Å². The highest BCUT2D eigenvalue weighted by Crippen LogP contribution is 2.38. The first-order chi connectivity index (χ1) is 23.9. The largest absolute Gasteiger partial charge is 0.487 e. The minimum atomic E-state index is -0.281. The van der Waals surface area contributed by atoms with Gasteiger partial charge in [0.05, 0.1) is 6.61 Å². The van der Waals surface area contributed by atoms with Gasteiger partial charge in [0.1, 0.15) is 23.2 Å². The van der Waals surface area contributed by atoms with Crippen molar-refractivity contribution in [2.75, 3.05) is 27.2 Å². The molecule has 3 aromatic rings. The van der Waals surface area contributed by atoms with E-state index >= 15 is 0 Å². The molecule has 5 heteroatoms. The lowest BCUT2D eigenvalue weighted by atomic mass is 9.86. The van der Waals surface area contributed by atoms with Crippen LogP contribution in [-0.4, -0.2) is 43.7 Å². The van der Waals surface area contributed by atoms with Crippen LogP contribution < -0.4 is 9.47 Å². The first kappa shape index (κ1) is 41.3. The van der Waals surface area contributed by atoms with Gasteiger partial charge < -0.3 is 19.1 Å². The fraction of sp³-hybridized carbons (Fsp3) is 0.578. The number of esters is 1. The van der Waals surface area contributed by atoms with E-state index in [0.29, 0.717) is 5.75 Å². The van der Waals surface area contributed by atoms with Crippen LogP contribution in [0.3, 0.4) is 0 Å². The number of fused-ring (bicyclic) bond motifs is 1. The zero-order valence-electron chi connectivity index (χ0n) is 32.6. The smallest absolute Gasteiger partial charge is 0.308 e. The van der Waals surface area contributed by atoms with Gasteiger partial charge in [-0.1, -0.05) is 133 Å². The number of likely N-dealkylation sites (N-methyl/N-ethyl adjacent to an activating group) is 1. The Labute approximate surface area is 305 Å². The van der Waals surface area contributed by atoms with Gasteiger partial charge in [-0.05, 0) is 99.3 Å². The van der Waals surface area contributed by atoms with Crippen molar-refractivity contribution >= 4 is 5.97 Å². The highest BCUT2D eigenvalue weighted by molar-refractivity contribution is 5.69. The second kappa shape index (κ2) is 21.9. The van der Waals surface area contributed by atoms with Gasteiger partial charge in [0.2, 0.25) is 0 Å². The standard InChI is InChI=1S/C28H46O3.C17H21NO/c1-21(2)10-7-11-22(3)12-8-13-23(4)14-9-18-28(6)19-17-25-20-26(30-24(5)29)15-16-27(25)31-28;1-18(2)13-14-19-17(15-9-5-3-6-10-15)16-11-7-4-8-12-16/h15-16,20-23H,7-14,17-19H2,1-6H3;3-12,17H,13-14H2,1-2H3/t22-,23-,28+;/m1./s1. The molecule has 0 aromatic heterocycles. The summed E-state index contributed by atoms with van der Waals surface area (Å²) < 4.78 is 17.7. The van der Waals surface area contributed by atoms with Gasteiger partial charge >= 0.3 is 5.97 Å².